The van der Waals surface area contributed by atoms with Crippen LogP contribution in [0.1, 0.15) is 18.4 Å². The molecule has 1 aromatic carbocycles. The highest BCUT2D eigenvalue weighted by Gasteiger charge is 2.19. The molecule has 0 bridgehead atoms. The van der Waals surface area contributed by atoms with E-state index in [9.17, 15) is 8.42 Å². The summed E-state index contributed by atoms with van der Waals surface area (Å²) in [7, 11) is -1.52. The van der Waals surface area contributed by atoms with Gasteiger partial charge in [0, 0.05) is 6.26 Å². The van der Waals surface area contributed by atoms with Crippen LogP contribution in [-0.2, 0) is 9.84 Å². The molecule has 8 heteroatoms. The average molecular weight is 311 g/mol. The third kappa shape index (κ3) is 4.02. The quantitative estimate of drug-likeness (QED) is 0.853. The SMILES string of the molecule is COc1ccccc1-c1noc(C(N)CCS(C)(=O)=O)n1. The molecule has 1 atom stereocenters. The van der Waals surface area contributed by atoms with Gasteiger partial charge in [-0.3, -0.25) is 0 Å². The molecule has 1 aromatic heterocycles. The molecule has 2 N–H and O–H groups in total. The van der Waals surface area contributed by atoms with Crippen molar-refractivity contribution in [2.75, 3.05) is 19.1 Å². The molecule has 0 amide bonds. The van der Waals surface area contributed by atoms with E-state index >= 15 is 0 Å². The molecular formula is C13H17N3O4S. The number of nitrogens with zero attached hydrogens (tertiary/aromatic N) is 2. The number of hydrogen-bond donors (Lipinski definition) is 1. The van der Waals surface area contributed by atoms with Crippen molar-refractivity contribution in [1.82, 2.24) is 10.1 Å². The van der Waals surface area contributed by atoms with Crippen molar-refractivity contribution in [2.24, 2.45) is 5.73 Å². The van der Waals surface area contributed by atoms with Crippen molar-refractivity contribution < 1.29 is 17.7 Å². The predicted molar refractivity (Wildman–Crippen MR) is 77.5 cm³/mol. The van der Waals surface area contributed by atoms with Crippen LogP contribution in [0.4, 0.5) is 0 Å². The monoisotopic (exact) mass is 311 g/mol. The first-order chi connectivity index (χ1) is 9.90. The second-order valence-electron chi connectivity index (χ2n) is 4.68. The third-order valence-electron chi connectivity index (χ3n) is 2.91. The fourth-order valence-electron chi connectivity index (χ4n) is 1.79. The molecule has 0 aliphatic heterocycles. The molecule has 0 spiro atoms. The lowest BCUT2D eigenvalue weighted by Gasteiger charge is -2.05. The Hall–Kier alpha value is -1.93. The standard InChI is InChI=1S/C13H17N3O4S/c1-19-11-6-4-3-5-9(11)12-15-13(20-16-12)10(14)7-8-21(2,17)18/h3-6,10H,7-8,14H2,1-2H3. The Morgan fingerprint density at radius 3 is 2.76 bits per heavy atom. The lowest BCUT2D eigenvalue weighted by Crippen LogP contribution is -2.16. The van der Waals surface area contributed by atoms with Crippen molar-refractivity contribution >= 4 is 9.84 Å². The largest absolute Gasteiger partial charge is 0.496 e. The van der Waals surface area contributed by atoms with Crippen molar-refractivity contribution in [3.8, 4) is 17.1 Å². The lowest BCUT2D eigenvalue weighted by atomic mass is 10.2. The van der Waals surface area contributed by atoms with E-state index in [0.717, 1.165) is 6.26 Å². The first-order valence-electron chi connectivity index (χ1n) is 6.31. The number of rotatable bonds is 6. The van der Waals surface area contributed by atoms with Crippen LogP contribution >= 0.6 is 0 Å². The zero-order chi connectivity index (χ0) is 15.5. The summed E-state index contributed by atoms with van der Waals surface area (Å²) in [6.45, 7) is 0. The minimum Gasteiger partial charge on any atom is -0.496 e. The Morgan fingerprint density at radius 1 is 1.38 bits per heavy atom. The van der Waals surface area contributed by atoms with Crippen LogP contribution in [0.15, 0.2) is 28.8 Å². The third-order valence-corrected chi connectivity index (χ3v) is 3.88. The molecule has 0 radical (unpaired) electrons. The predicted octanol–water partition coefficient (Wildman–Crippen LogP) is 1.18. The van der Waals surface area contributed by atoms with Crippen molar-refractivity contribution in [3.63, 3.8) is 0 Å². The molecule has 114 valence electrons. The van der Waals surface area contributed by atoms with E-state index in [2.05, 4.69) is 10.1 Å². The van der Waals surface area contributed by atoms with E-state index < -0.39 is 15.9 Å². The van der Waals surface area contributed by atoms with Crippen molar-refractivity contribution in [1.29, 1.82) is 0 Å². The fraction of sp³-hybridized carbons (Fsp3) is 0.385. The number of nitrogens with two attached hydrogens (primary N) is 1. The molecule has 2 aromatic rings. The summed E-state index contributed by atoms with van der Waals surface area (Å²) in [5.74, 6) is 1.16. The van der Waals surface area contributed by atoms with Gasteiger partial charge in [0.2, 0.25) is 11.7 Å². The maximum Gasteiger partial charge on any atom is 0.243 e. The lowest BCUT2D eigenvalue weighted by molar-refractivity contribution is 0.352. The first-order valence-corrected chi connectivity index (χ1v) is 8.37. The molecule has 0 aliphatic rings. The summed E-state index contributed by atoms with van der Waals surface area (Å²) >= 11 is 0. The highest BCUT2D eigenvalue weighted by atomic mass is 32.2. The van der Waals surface area contributed by atoms with E-state index in [1.165, 1.54) is 0 Å². The van der Waals surface area contributed by atoms with Crippen LogP contribution in [0.25, 0.3) is 11.4 Å². The zero-order valence-electron chi connectivity index (χ0n) is 11.8. The Morgan fingerprint density at radius 2 is 2.10 bits per heavy atom. The van der Waals surface area contributed by atoms with Crippen LogP contribution < -0.4 is 10.5 Å². The molecule has 0 fully saturated rings. The normalized spacial score (nSPS) is 13.1. The molecule has 21 heavy (non-hydrogen) atoms. The van der Waals surface area contributed by atoms with E-state index in [4.69, 9.17) is 15.0 Å². The van der Waals surface area contributed by atoms with Gasteiger partial charge in [-0.15, -0.1) is 0 Å². The molecule has 1 unspecified atom stereocenters. The van der Waals surface area contributed by atoms with E-state index in [0.29, 0.717) is 17.1 Å². The maximum absolute atomic E-state index is 11.1. The van der Waals surface area contributed by atoms with Gasteiger partial charge in [0.15, 0.2) is 0 Å². The van der Waals surface area contributed by atoms with Gasteiger partial charge in [-0.25, -0.2) is 8.42 Å². The fourth-order valence-corrected chi connectivity index (χ4v) is 2.47. The number of sulfone groups is 1. The summed E-state index contributed by atoms with van der Waals surface area (Å²) in [6, 6.07) is 6.64. The molecule has 2 rings (SSSR count). The van der Waals surface area contributed by atoms with Crippen LogP contribution in [0.5, 0.6) is 5.75 Å². The van der Waals surface area contributed by atoms with Gasteiger partial charge >= 0.3 is 0 Å². The number of benzene rings is 1. The smallest absolute Gasteiger partial charge is 0.243 e. The number of hydrogen-bond acceptors (Lipinski definition) is 7. The van der Waals surface area contributed by atoms with Gasteiger partial charge in [0.05, 0.1) is 24.5 Å². The number of aromatic nitrogens is 2. The molecular weight excluding hydrogens is 294 g/mol. The van der Waals surface area contributed by atoms with Gasteiger partial charge in [-0.2, -0.15) is 4.98 Å². The Labute approximate surface area is 123 Å². The summed E-state index contributed by atoms with van der Waals surface area (Å²) in [4.78, 5) is 4.21. The van der Waals surface area contributed by atoms with Gasteiger partial charge in [0.1, 0.15) is 15.6 Å². The molecule has 0 saturated carbocycles. The average Bonchev–Trinajstić information content (AvgIpc) is 2.93. The number of para-hydroxylation sites is 1. The minimum atomic E-state index is -3.07. The first kappa shape index (κ1) is 15.5. The highest BCUT2D eigenvalue weighted by Crippen LogP contribution is 2.28. The minimum absolute atomic E-state index is 0.0272. The summed E-state index contributed by atoms with van der Waals surface area (Å²) < 4.78 is 32.6. The van der Waals surface area contributed by atoms with Crippen molar-refractivity contribution in [3.05, 3.63) is 30.2 Å². The Bertz CT molecular complexity index is 712. The van der Waals surface area contributed by atoms with Gasteiger partial charge in [-0.05, 0) is 18.6 Å². The second-order valence-corrected chi connectivity index (χ2v) is 6.94. The second kappa shape index (κ2) is 6.23. The van der Waals surface area contributed by atoms with Crippen LogP contribution in [0.2, 0.25) is 0 Å². The molecule has 7 nitrogen and oxygen atoms in total. The maximum atomic E-state index is 11.1. The van der Waals surface area contributed by atoms with Gasteiger partial charge < -0.3 is 15.0 Å². The van der Waals surface area contributed by atoms with Crippen LogP contribution in [0, 0.1) is 0 Å². The number of methoxy groups -OCH3 is 1. The summed E-state index contributed by atoms with van der Waals surface area (Å²) in [5, 5.41) is 3.86. The number of ether oxygens (including phenoxy) is 1. The van der Waals surface area contributed by atoms with Crippen LogP contribution in [0.3, 0.4) is 0 Å². The van der Waals surface area contributed by atoms with Gasteiger partial charge in [-0.1, -0.05) is 17.3 Å². The van der Waals surface area contributed by atoms with Crippen molar-refractivity contribution in [2.45, 2.75) is 12.5 Å². The Kier molecular flexibility index (Phi) is 4.59. The van der Waals surface area contributed by atoms with E-state index in [1.54, 1.807) is 19.2 Å². The molecule has 1 heterocycles. The van der Waals surface area contributed by atoms with E-state index in [1.807, 2.05) is 12.1 Å². The summed E-state index contributed by atoms with van der Waals surface area (Å²) in [5.41, 5.74) is 6.56. The molecule has 0 aliphatic carbocycles. The van der Waals surface area contributed by atoms with E-state index in [-0.39, 0.29) is 18.1 Å². The van der Waals surface area contributed by atoms with Gasteiger partial charge in [0.25, 0.3) is 0 Å². The summed E-state index contributed by atoms with van der Waals surface area (Å²) in [6.07, 6.45) is 1.39. The highest BCUT2D eigenvalue weighted by molar-refractivity contribution is 7.90. The zero-order valence-corrected chi connectivity index (χ0v) is 12.6. The molecule has 0 saturated heterocycles. The van der Waals surface area contributed by atoms with Crippen LogP contribution in [-0.4, -0.2) is 37.7 Å². The topological polar surface area (TPSA) is 108 Å². The Balaban J connectivity index is 2.18.